The molecule has 1 aromatic carbocycles. The lowest BCUT2D eigenvalue weighted by molar-refractivity contribution is -0.118. The van der Waals surface area contributed by atoms with E-state index >= 15 is 0 Å². The molecule has 0 aromatic heterocycles. The third kappa shape index (κ3) is 2.95. The summed E-state index contributed by atoms with van der Waals surface area (Å²) in [6.07, 6.45) is 0.825. The first-order valence-electron chi connectivity index (χ1n) is 4.78. The lowest BCUT2D eigenvalue weighted by Crippen LogP contribution is -2.15. The number of aryl methyl sites for hydroxylation is 1. The molecule has 1 amide bonds. The fraction of sp³-hybridized carbons (Fsp3) is 0.364. The fourth-order valence-corrected chi connectivity index (χ4v) is 1.33. The van der Waals surface area contributed by atoms with Crippen LogP contribution in [-0.2, 0) is 11.2 Å². The van der Waals surface area contributed by atoms with Gasteiger partial charge in [0.15, 0.2) is 0 Å². The molecule has 0 saturated heterocycles. The highest BCUT2D eigenvalue weighted by Gasteiger charge is 2.04. The van der Waals surface area contributed by atoms with Crippen molar-refractivity contribution in [2.24, 2.45) is 0 Å². The topological polar surface area (TPSA) is 58.6 Å². The first kappa shape index (κ1) is 11.5. The number of hydrogen-bond acceptors (Lipinski definition) is 3. The van der Waals surface area contributed by atoms with Crippen LogP contribution in [0, 0.1) is 0 Å². The number of ether oxygens (including phenoxy) is 1. The van der Waals surface area contributed by atoms with Crippen LogP contribution in [0.1, 0.15) is 12.5 Å². The molecule has 0 unspecified atom stereocenters. The molecule has 0 aliphatic rings. The first-order chi connectivity index (χ1) is 7.21. The number of amides is 1. The van der Waals surface area contributed by atoms with Crippen molar-refractivity contribution in [1.29, 1.82) is 0 Å². The molecule has 82 valence electrons. The van der Waals surface area contributed by atoms with Gasteiger partial charge in [-0.05, 0) is 30.2 Å². The van der Waals surface area contributed by atoms with Crippen LogP contribution in [-0.4, -0.2) is 24.7 Å². The second kappa shape index (κ2) is 5.36. The van der Waals surface area contributed by atoms with Crippen molar-refractivity contribution in [3.05, 3.63) is 23.8 Å². The van der Waals surface area contributed by atoms with Crippen molar-refractivity contribution in [3.8, 4) is 5.75 Å². The van der Waals surface area contributed by atoms with E-state index in [4.69, 9.17) is 9.84 Å². The van der Waals surface area contributed by atoms with Gasteiger partial charge >= 0.3 is 0 Å². The third-order valence-electron chi connectivity index (χ3n) is 2.09. The molecular formula is C11H15NO3. The predicted molar refractivity (Wildman–Crippen MR) is 58.1 cm³/mol. The van der Waals surface area contributed by atoms with Crippen LogP contribution < -0.4 is 10.1 Å². The van der Waals surface area contributed by atoms with Gasteiger partial charge in [0, 0.05) is 5.69 Å². The molecule has 4 nitrogen and oxygen atoms in total. The molecule has 0 aliphatic heterocycles. The lowest BCUT2D eigenvalue weighted by Gasteiger charge is -2.09. The van der Waals surface area contributed by atoms with Crippen molar-refractivity contribution in [3.63, 3.8) is 0 Å². The summed E-state index contributed by atoms with van der Waals surface area (Å²) < 4.78 is 5.16. The van der Waals surface area contributed by atoms with Gasteiger partial charge in [0.25, 0.3) is 0 Å². The SMILES string of the molecule is CCc1cc(NC(=O)CO)ccc1OC. The number of methoxy groups -OCH3 is 1. The van der Waals surface area contributed by atoms with Crippen molar-refractivity contribution in [2.45, 2.75) is 13.3 Å². The average molecular weight is 209 g/mol. The highest BCUT2D eigenvalue weighted by Crippen LogP contribution is 2.22. The van der Waals surface area contributed by atoms with Crippen LogP contribution in [0.4, 0.5) is 5.69 Å². The third-order valence-corrected chi connectivity index (χ3v) is 2.09. The van der Waals surface area contributed by atoms with E-state index in [1.807, 2.05) is 13.0 Å². The van der Waals surface area contributed by atoms with Gasteiger partial charge in [-0.3, -0.25) is 4.79 Å². The van der Waals surface area contributed by atoms with Crippen molar-refractivity contribution in [1.82, 2.24) is 0 Å². The largest absolute Gasteiger partial charge is 0.496 e. The first-order valence-corrected chi connectivity index (χ1v) is 4.78. The number of nitrogens with one attached hydrogen (secondary N) is 1. The molecule has 2 N–H and O–H groups in total. The molecule has 0 radical (unpaired) electrons. The molecule has 0 fully saturated rings. The molecule has 0 saturated carbocycles. The van der Waals surface area contributed by atoms with Gasteiger partial charge in [-0.25, -0.2) is 0 Å². The number of carbonyl (C=O) groups is 1. The maximum absolute atomic E-state index is 10.9. The summed E-state index contributed by atoms with van der Waals surface area (Å²) in [5.41, 5.74) is 1.69. The predicted octanol–water partition coefficient (Wildman–Crippen LogP) is 1.19. The van der Waals surface area contributed by atoms with E-state index in [1.165, 1.54) is 0 Å². The van der Waals surface area contributed by atoms with Crippen molar-refractivity contribution >= 4 is 11.6 Å². The quantitative estimate of drug-likeness (QED) is 0.783. The summed E-state index contributed by atoms with van der Waals surface area (Å²) in [5.74, 6) is 0.390. The number of carbonyl (C=O) groups excluding carboxylic acids is 1. The zero-order valence-electron chi connectivity index (χ0n) is 8.91. The summed E-state index contributed by atoms with van der Waals surface area (Å²) in [6.45, 7) is 1.50. The van der Waals surface area contributed by atoms with E-state index in [9.17, 15) is 4.79 Å². The van der Waals surface area contributed by atoms with E-state index in [2.05, 4.69) is 5.32 Å². The minimum absolute atomic E-state index is 0.415. The molecule has 0 aliphatic carbocycles. The van der Waals surface area contributed by atoms with E-state index in [0.29, 0.717) is 5.69 Å². The molecule has 1 aromatic rings. The van der Waals surface area contributed by atoms with Crippen LogP contribution in [0.5, 0.6) is 5.75 Å². The lowest BCUT2D eigenvalue weighted by atomic mass is 10.1. The van der Waals surface area contributed by atoms with Crippen LogP contribution in [0.2, 0.25) is 0 Å². The number of benzene rings is 1. The van der Waals surface area contributed by atoms with Gasteiger partial charge in [-0.2, -0.15) is 0 Å². The average Bonchev–Trinajstić information content (AvgIpc) is 2.28. The molecule has 0 atom stereocenters. The Labute approximate surface area is 88.9 Å². The second-order valence-electron chi connectivity index (χ2n) is 3.09. The summed E-state index contributed by atoms with van der Waals surface area (Å²) in [7, 11) is 1.61. The monoisotopic (exact) mass is 209 g/mol. The highest BCUT2D eigenvalue weighted by molar-refractivity contribution is 5.91. The van der Waals surface area contributed by atoms with E-state index in [0.717, 1.165) is 17.7 Å². The van der Waals surface area contributed by atoms with E-state index < -0.39 is 12.5 Å². The van der Waals surface area contributed by atoms with Crippen LogP contribution in [0.25, 0.3) is 0 Å². The van der Waals surface area contributed by atoms with Gasteiger partial charge < -0.3 is 15.2 Å². The maximum atomic E-state index is 10.9. The smallest absolute Gasteiger partial charge is 0.250 e. The Hall–Kier alpha value is -1.55. The molecule has 0 heterocycles. The summed E-state index contributed by atoms with van der Waals surface area (Å²) in [6, 6.07) is 5.38. The van der Waals surface area contributed by atoms with Crippen molar-refractivity contribution in [2.75, 3.05) is 19.0 Å². The molecule has 0 spiro atoms. The minimum atomic E-state index is -0.506. The van der Waals surface area contributed by atoms with Gasteiger partial charge in [-0.1, -0.05) is 6.92 Å². The number of anilines is 1. The fourth-order valence-electron chi connectivity index (χ4n) is 1.33. The summed E-state index contributed by atoms with van der Waals surface area (Å²) in [5, 5.41) is 11.2. The molecule has 1 rings (SSSR count). The van der Waals surface area contributed by atoms with E-state index in [1.54, 1.807) is 19.2 Å². The Morgan fingerprint density at radius 3 is 2.80 bits per heavy atom. The molecule has 15 heavy (non-hydrogen) atoms. The second-order valence-corrected chi connectivity index (χ2v) is 3.09. The Kier molecular flexibility index (Phi) is 4.12. The minimum Gasteiger partial charge on any atom is -0.496 e. The Balaban J connectivity index is 2.88. The Morgan fingerprint density at radius 2 is 2.27 bits per heavy atom. The Bertz CT molecular complexity index is 350. The van der Waals surface area contributed by atoms with Gasteiger partial charge in [0.05, 0.1) is 7.11 Å². The molecule has 4 heteroatoms. The van der Waals surface area contributed by atoms with Crippen molar-refractivity contribution < 1.29 is 14.6 Å². The van der Waals surface area contributed by atoms with Gasteiger partial charge in [0.1, 0.15) is 12.4 Å². The van der Waals surface area contributed by atoms with Crippen LogP contribution >= 0.6 is 0 Å². The van der Waals surface area contributed by atoms with E-state index in [-0.39, 0.29) is 0 Å². The number of aliphatic hydroxyl groups is 1. The summed E-state index contributed by atoms with van der Waals surface area (Å²) in [4.78, 5) is 10.9. The molecular weight excluding hydrogens is 194 g/mol. The maximum Gasteiger partial charge on any atom is 0.250 e. The van der Waals surface area contributed by atoms with Gasteiger partial charge in [0.2, 0.25) is 5.91 Å². The standard InChI is InChI=1S/C11H15NO3/c1-3-8-6-9(12-11(14)7-13)4-5-10(8)15-2/h4-6,13H,3,7H2,1-2H3,(H,12,14). The van der Waals surface area contributed by atoms with Crippen LogP contribution in [0.3, 0.4) is 0 Å². The zero-order chi connectivity index (χ0) is 11.3. The highest BCUT2D eigenvalue weighted by atomic mass is 16.5. The van der Waals surface area contributed by atoms with Crippen LogP contribution in [0.15, 0.2) is 18.2 Å². The number of aliphatic hydroxyl groups excluding tert-OH is 1. The normalized spacial score (nSPS) is 9.80. The van der Waals surface area contributed by atoms with Gasteiger partial charge in [-0.15, -0.1) is 0 Å². The number of hydrogen-bond donors (Lipinski definition) is 2. The number of rotatable bonds is 4. The Morgan fingerprint density at radius 1 is 1.53 bits per heavy atom. The summed E-state index contributed by atoms with van der Waals surface area (Å²) >= 11 is 0. The molecule has 0 bridgehead atoms. The zero-order valence-corrected chi connectivity index (χ0v) is 8.91.